The van der Waals surface area contributed by atoms with Gasteiger partial charge < -0.3 is 10.5 Å². The van der Waals surface area contributed by atoms with Crippen molar-refractivity contribution in [3.8, 4) is 5.75 Å². The molecule has 0 aliphatic carbocycles. The molecule has 0 radical (unpaired) electrons. The third-order valence-corrected chi connectivity index (χ3v) is 2.20. The molecule has 0 saturated carbocycles. The van der Waals surface area contributed by atoms with Crippen LogP contribution in [0.15, 0.2) is 36.9 Å². The van der Waals surface area contributed by atoms with E-state index in [1.165, 1.54) is 6.33 Å². The van der Waals surface area contributed by atoms with Crippen molar-refractivity contribution >= 4 is 5.91 Å². The third kappa shape index (κ3) is 2.81. The van der Waals surface area contributed by atoms with E-state index < -0.39 is 5.91 Å². The van der Waals surface area contributed by atoms with E-state index >= 15 is 0 Å². The lowest BCUT2D eigenvalue weighted by molar-refractivity contribution is 0.0996. The van der Waals surface area contributed by atoms with Crippen LogP contribution in [-0.4, -0.2) is 27.3 Å². The molecular formula is C11H12N4O2. The van der Waals surface area contributed by atoms with Gasteiger partial charge in [-0.05, 0) is 12.1 Å². The van der Waals surface area contributed by atoms with Crippen LogP contribution in [0.25, 0.3) is 0 Å². The van der Waals surface area contributed by atoms with Gasteiger partial charge in [0.1, 0.15) is 25.0 Å². The molecule has 1 heterocycles. The van der Waals surface area contributed by atoms with Gasteiger partial charge in [0.25, 0.3) is 5.91 Å². The van der Waals surface area contributed by atoms with Gasteiger partial charge in [0.2, 0.25) is 0 Å². The largest absolute Gasteiger partial charge is 0.491 e. The molecule has 6 nitrogen and oxygen atoms in total. The van der Waals surface area contributed by atoms with Gasteiger partial charge in [-0.3, -0.25) is 4.79 Å². The predicted molar refractivity (Wildman–Crippen MR) is 60.5 cm³/mol. The van der Waals surface area contributed by atoms with Gasteiger partial charge in [-0.2, -0.15) is 5.10 Å². The molecule has 0 bridgehead atoms. The Labute approximate surface area is 98.0 Å². The van der Waals surface area contributed by atoms with Gasteiger partial charge in [-0.25, -0.2) is 9.67 Å². The first-order chi connectivity index (χ1) is 8.27. The zero-order valence-corrected chi connectivity index (χ0v) is 9.11. The quantitative estimate of drug-likeness (QED) is 0.811. The molecule has 2 aromatic rings. The molecule has 0 unspecified atom stereocenters. The van der Waals surface area contributed by atoms with Crippen molar-refractivity contribution in [1.29, 1.82) is 0 Å². The van der Waals surface area contributed by atoms with Crippen LogP contribution in [0.5, 0.6) is 5.75 Å². The number of benzene rings is 1. The summed E-state index contributed by atoms with van der Waals surface area (Å²) < 4.78 is 7.13. The third-order valence-electron chi connectivity index (χ3n) is 2.20. The zero-order chi connectivity index (χ0) is 12.1. The molecule has 0 fully saturated rings. The van der Waals surface area contributed by atoms with Crippen molar-refractivity contribution in [2.24, 2.45) is 5.73 Å². The lowest BCUT2D eigenvalue weighted by atomic mass is 10.2. The van der Waals surface area contributed by atoms with E-state index in [1.54, 1.807) is 35.3 Å². The lowest BCUT2D eigenvalue weighted by Gasteiger charge is -2.08. The average molecular weight is 232 g/mol. The van der Waals surface area contributed by atoms with Crippen LogP contribution in [0.1, 0.15) is 10.4 Å². The fourth-order valence-corrected chi connectivity index (χ4v) is 1.39. The maximum Gasteiger partial charge on any atom is 0.252 e. The van der Waals surface area contributed by atoms with Crippen LogP contribution in [0.4, 0.5) is 0 Å². The summed E-state index contributed by atoms with van der Waals surface area (Å²) in [7, 11) is 0. The fourth-order valence-electron chi connectivity index (χ4n) is 1.39. The van der Waals surface area contributed by atoms with Crippen molar-refractivity contribution in [2.75, 3.05) is 6.61 Å². The normalized spacial score (nSPS) is 10.1. The Morgan fingerprint density at radius 2 is 2.24 bits per heavy atom. The molecular weight excluding hydrogens is 220 g/mol. The van der Waals surface area contributed by atoms with Crippen molar-refractivity contribution in [3.05, 3.63) is 42.5 Å². The van der Waals surface area contributed by atoms with Crippen molar-refractivity contribution in [1.82, 2.24) is 14.8 Å². The van der Waals surface area contributed by atoms with E-state index in [-0.39, 0.29) is 0 Å². The van der Waals surface area contributed by atoms with Gasteiger partial charge >= 0.3 is 0 Å². The van der Waals surface area contributed by atoms with Gasteiger partial charge in [0.05, 0.1) is 12.1 Å². The second-order valence-electron chi connectivity index (χ2n) is 3.37. The van der Waals surface area contributed by atoms with Crippen molar-refractivity contribution in [2.45, 2.75) is 6.54 Å². The summed E-state index contributed by atoms with van der Waals surface area (Å²) in [5, 5.41) is 3.94. The van der Waals surface area contributed by atoms with Gasteiger partial charge in [0, 0.05) is 0 Å². The molecule has 0 saturated heterocycles. The van der Waals surface area contributed by atoms with Crippen LogP contribution >= 0.6 is 0 Å². The topological polar surface area (TPSA) is 83.0 Å². The number of primary amides is 1. The summed E-state index contributed by atoms with van der Waals surface area (Å²) in [6, 6.07) is 6.87. The zero-order valence-electron chi connectivity index (χ0n) is 9.11. The van der Waals surface area contributed by atoms with Crippen molar-refractivity contribution < 1.29 is 9.53 Å². The van der Waals surface area contributed by atoms with Crippen LogP contribution in [-0.2, 0) is 6.54 Å². The van der Waals surface area contributed by atoms with E-state index in [0.717, 1.165) is 0 Å². The maximum absolute atomic E-state index is 11.1. The van der Waals surface area contributed by atoms with Crippen LogP contribution < -0.4 is 10.5 Å². The Bertz CT molecular complexity index is 496. The molecule has 0 aliphatic rings. The molecule has 88 valence electrons. The monoisotopic (exact) mass is 232 g/mol. The van der Waals surface area contributed by atoms with Gasteiger partial charge in [-0.15, -0.1) is 0 Å². The minimum atomic E-state index is -0.499. The summed E-state index contributed by atoms with van der Waals surface area (Å²) in [5.41, 5.74) is 5.62. The average Bonchev–Trinajstić information content (AvgIpc) is 2.82. The predicted octanol–water partition coefficient (Wildman–Crippen LogP) is 0.456. The van der Waals surface area contributed by atoms with E-state index in [4.69, 9.17) is 10.5 Å². The summed E-state index contributed by atoms with van der Waals surface area (Å²) in [4.78, 5) is 14.9. The Morgan fingerprint density at radius 1 is 1.41 bits per heavy atom. The fraction of sp³-hybridized carbons (Fsp3) is 0.182. The number of ether oxygens (including phenoxy) is 1. The Hall–Kier alpha value is -2.37. The van der Waals surface area contributed by atoms with E-state index in [9.17, 15) is 4.79 Å². The number of aromatic nitrogens is 3. The molecule has 1 aromatic heterocycles. The number of amides is 1. The van der Waals surface area contributed by atoms with Gasteiger partial charge in [-0.1, -0.05) is 12.1 Å². The molecule has 1 amide bonds. The van der Waals surface area contributed by atoms with Crippen molar-refractivity contribution in [3.63, 3.8) is 0 Å². The maximum atomic E-state index is 11.1. The molecule has 0 atom stereocenters. The smallest absolute Gasteiger partial charge is 0.252 e. The molecule has 17 heavy (non-hydrogen) atoms. The summed E-state index contributed by atoms with van der Waals surface area (Å²) >= 11 is 0. The first-order valence-electron chi connectivity index (χ1n) is 5.11. The van der Waals surface area contributed by atoms with E-state index in [2.05, 4.69) is 10.1 Å². The molecule has 2 N–H and O–H groups in total. The number of hydrogen-bond acceptors (Lipinski definition) is 4. The molecule has 0 spiro atoms. The van der Waals surface area contributed by atoms with Gasteiger partial charge in [0.15, 0.2) is 0 Å². The summed E-state index contributed by atoms with van der Waals surface area (Å²) in [5.74, 6) is -0.0125. The molecule has 2 rings (SSSR count). The lowest BCUT2D eigenvalue weighted by Crippen LogP contribution is -2.15. The summed E-state index contributed by atoms with van der Waals surface area (Å²) in [6.07, 6.45) is 3.06. The number of hydrogen-bond donors (Lipinski definition) is 1. The Morgan fingerprint density at radius 3 is 2.94 bits per heavy atom. The van der Waals surface area contributed by atoms with Crippen LogP contribution in [0.2, 0.25) is 0 Å². The first-order valence-corrected chi connectivity index (χ1v) is 5.11. The number of carbonyl (C=O) groups is 1. The number of rotatable bonds is 5. The number of carbonyl (C=O) groups excluding carboxylic acids is 1. The molecule has 6 heteroatoms. The number of para-hydroxylation sites is 1. The SMILES string of the molecule is NC(=O)c1ccccc1OCCn1cncn1. The second-order valence-corrected chi connectivity index (χ2v) is 3.37. The molecule has 1 aromatic carbocycles. The minimum Gasteiger partial charge on any atom is -0.491 e. The highest BCUT2D eigenvalue weighted by Gasteiger charge is 2.07. The van der Waals surface area contributed by atoms with Crippen LogP contribution in [0.3, 0.4) is 0 Å². The highest BCUT2D eigenvalue weighted by atomic mass is 16.5. The Balaban J connectivity index is 1.97. The molecule has 0 aliphatic heterocycles. The number of nitrogens with zero attached hydrogens (tertiary/aromatic N) is 3. The first kappa shape index (κ1) is 11.1. The standard InChI is InChI=1S/C11H12N4O2/c12-11(16)9-3-1-2-4-10(9)17-6-5-15-8-13-7-14-15/h1-4,7-8H,5-6H2,(H2,12,16). The van der Waals surface area contributed by atoms with Crippen LogP contribution in [0, 0.1) is 0 Å². The second kappa shape index (κ2) is 5.11. The highest BCUT2D eigenvalue weighted by Crippen LogP contribution is 2.16. The van der Waals surface area contributed by atoms with E-state index in [0.29, 0.717) is 24.5 Å². The minimum absolute atomic E-state index is 0.381. The Kier molecular flexibility index (Phi) is 3.34. The number of nitrogens with two attached hydrogens (primary N) is 1. The highest BCUT2D eigenvalue weighted by molar-refractivity contribution is 5.95. The van der Waals surface area contributed by atoms with E-state index in [1.807, 2.05) is 0 Å². The summed E-state index contributed by atoms with van der Waals surface area (Å²) in [6.45, 7) is 0.959.